The van der Waals surface area contributed by atoms with E-state index in [1.807, 2.05) is 10.6 Å². The van der Waals surface area contributed by atoms with E-state index in [1.54, 1.807) is 6.07 Å². The SMILES string of the molecule is Nc1nc2cc(Cl)c(Cl)cc2n1CCC1CCC1. The van der Waals surface area contributed by atoms with Crippen molar-refractivity contribution in [1.82, 2.24) is 9.55 Å². The van der Waals surface area contributed by atoms with Gasteiger partial charge >= 0.3 is 0 Å². The van der Waals surface area contributed by atoms with Crippen LogP contribution in [-0.2, 0) is 6.54 Å². The lowest BCUT2D eigenvalue weighted by Gasteiger charge is -2.25. The summed E-state index contributed by atoms with van der Waals surface area (Å²) in [4.78, 5) is 4.33. The number of nitrogen functional groups attached to an aromatic ring is 1. The van der Waals surface area contributed by atoms with Gasteiger partial charge in [0.25, 0.3) is 0 Å². The molecule has 1 aliphatic carbocycles. The lowest BCUT2D eigenvalue weighted by atomic mass is 9.83. The summed E-state index contributed by atoms with van der Waals surface area (Å²) in [5.74, 6) is 1.40. The van der Waals surface area contributed by atoms with Crippen LogP contribution in [0.5, 0.6) is 0 Å². The highest BCUT2D eigenvalue weighted by molar-refractivity contribution is 6.42. The van der Waals surface area contributed by atoms with Gasteiger partial charge in [0.05, 0.1) is 21.1 Å². The van der Waals surface area contributed by atoms with Crippen molar-refractivity contribution in [2.75, 3.05) is 5.73 Å². The van der Waals surface area contributed by atoms with E-state index in [0.29, 0.717) is 16.0 Å². The van der Waals surface area contributed by atoms with Gasteiger partial charge in [0.2, 0.25) is 5.95 Å². The van der Waals surface area contributed by atoms with Gasteiger partial charge in [-0.25, -0.2) is 4.98 Å². The van der Waals surface area contributed by atoms with Gasteiger partial charge in [-0.3, -0.25) is 0 Å². The number of fused-ring (bicyclic) bond motifs is 1. The van der Waals surface area contributed by atoms with Gasteiger partial charge in [0.15, 0.2) is 0 Å². The summed E-state index contributed by atoms with van der Waals surface area (Å²) < 4.78 is 2.04. The molecule has 5 heteroatoms. The minimum atomic E-state index is 0.521. The molecule has 18 heavy (non-hydrogen) atoms. The molecule has 0 radical (unpaired) electrons. The molecule has 0 bridgehead atoms. The first-order valence-corrected chi connectivity index (χ1v) is 7.01. The number of halogens is 2. The number of hydrogen-bond donors (Lipinski definition) is 1. The highest BCUT2D eigenvalue weighted by atomic mass is 35.5. The van der Waals surface area contributed by atoms with Gasteiger partial charge in [-0.2, -0.15) is 0 Å². The zero-order valence-corrected chi connectivity index (χ0v) is 11.5. The van der Waals surface area contributed by atoms with Crippen LogP contribution in [0.15, 0.2) is 12.1 Å². The maximum Gasteiger partial charge on any atom is 0.201 e. The number of aryl methyl sites for hydroxylation is 1. The molecule has 1 aromatic heterocycles. The molecule has 0 unspecified atom stereocenters. The van der Waals surface area contributed by atoms with Crippen LogP contribution in [0.3, 0.4) is 0 Å². The van der Waals surface area contributed by atoms with E-state index < -0.39 is 0 Å². The second kappa shape index (κ2) is 4.63. The summed E-state index contributed by atoms with van der Waals surface area (Å²) in [6.07, 6.45) is 5.22. The number of aromatic nitrogens is 2. The third-order valence-corrected chi connectivity index (χ3v) is 4.53. The average Bonchev–Trinajstić information content (AvgIpc) is 2.54. The van der Waals surface area contributed by atoms with Crippen molar-refractivity contribution >= 4 is 40.2 Å². The normalized spacial score (nSPS) is 16.1. The first kappa shape index (κ1) is 12.1. The number of rotatable bonds is 3. The van der Waals surface area contributed by atoms with Crippen molar-refractivity contribution in [3.05, 3.63) is 22.2 Å². The van der Waals surface area contributed by atoms with Gasteiger partial charge in [0, 0.05) is 6.54 Å². The molecule has 1 aliphatic rings. The van der Waals surface area contributed by atoms with Crippen LogP contribution in [0.25, 0.3) is 11.0 Å². The van der Waals surface area contributed by atoms with Crippen LogP contribution in [0.1, 0.15) is 25.7 Å². The number of anilines is 1. The fourth-order valence-corrected chi connectivity index (χ4v) is 2.78. The molecule has 96 valence electrons. The Morgan fingerprint density at radius 3 is 2.67 bits per heavy atom. The third-order valence-electron chi connectivity index (χ3n) is 3.81. The molecule has 1 fully saturated rings. The summed E-state index contributed by atoms with van der Waals surface area (Å²) in [5, 5.41) is 1.07. The topological polar surface area (TPSA) is 43.8 Å². The van der Waals surface area contributed by atoms with Crippen LogP contribution < -0.4 is 5.73 Å². The maximum atomic E-state index is 6.06. The number of nitrogens with zero attached hydrogens (tertiary/aromatic N) is 2. The van der Waals surface area contributed by atoms with E-state index in [9.17, 15) is 0 Å². The Hall–Kier alpha value is -0.930. The molecule has 2 N–H and O–H groups in total. The molecule has 0 amide bonds. The molecule has 0 aliphatic heterocycles. The summed E-state index contributed by atoms with van der Waals surface area (Å²) in [6, 6.07) is 3.62. The Morgan fingerprint density at radius 2 is 2.00 bits per heavy atom. The number of hydrogen-bond acceptors (Lipinski definition) is 2. The van der Waals surface area contributed by atoms with Gasteiger partial charge in [-0.1, -0.05) is 42.5 Å². The van der Waals surface area contributed by atoms with Crippen molar-refractivity contribution in [2.45, 2.75) is 32.2 Å². The molecule has 0 atom stereocenters. The zero-order chi connectivity index (χ0) is 12.7. The standard InChI is InChI=1S/C13H15Cl2N3/c14-9-6-11-12(7-10(9)15)18(13(16)17-11)5-4-8-2-1-3-8/h6-8H,1-5H2,(H2,16,17). The van der Waals surface area contributed by atoms with Crippen LogP contribution in [0.2, 0.25) is 10.0 Å². The molecule has 1 heterocycles. The molecule has 3 nitrogen and oxygen atoms in total. The Morgan fingerprint density at radius 1 is 1.28 bits per heavy atom. The summed E-state index contributed by atoms with van der Waals surface area (Å²) in [7, 11) is 0. The average molecular weight is 284 g/mol. The number of nitrogens with two attached hydrogens (primary N) is 1. The largest absolute Gasteiger partial charge is 0.369 e. The zero-order valence-electron chi connectivity index (χ0n) is 10.00. The predicted molar refractivity (Wildman–Crippen MR) is 76.1 cm³/mol. The molecule has 1 saturated carbocycles. The van der Waals surface area contributed by atoms with Crippen molar-refractivity contribution in [1.29, 1.82) is 0 Å². The molecule has 0 spiro atoms. The van der Waals surface area contributed by atoms with Gasteiger partial charge in [-0.05, 0) is 24.5 Å². The molecule has 1 aromatic carbocycles. The van der Waals surface area contributed by atoms with E-state index in [-0.39, 0.29) is 0 Å². The smallest absolute Gasteiger partial charge is 0.201 e. The van der Waals surface area contributed by atoms with Crippen LogP contribution in [-0.4, -0.2) is 9.55 Å². The third kappa shape index (κ3) is 2.06. The van der Waals surface area contributed by atoms with Crippen LogP contribution in [0.4, 0.5) is 5.95 Å². The monoisotopic (exact) mass is 283 g/mol. The van der Waals surface area contributed by atoms with Crippen molar-refractivity contribution in [3.63, 3.8) is 0 Å². The minimum Gasteiger partial charge on any atom is -0.369 e. The van der Waals surface area contributed by atoms with E-state index in [1.165, 1.54) is 19.3 Å². The van der Waals surface area contributed by atoms with Gasteiger partial charge in [-0.15, -0.1) is 0 Å². The van der Waals surface area contributed by atoms with E-state index in [0.717, 1.165) is 29.9 Å². The van der Waals surface area contributed by atoms with E-state index in [2.05, 4.69) is 4.98 Å². The molecular weight excluding hydrogens is 269 g/mol. The lowest BCUT2D eigenvalue weighted by molar-refractivity contribution is 0.284. The first-order chi connectivity index (χ1) is 8.65. The molecular formula is C13H15Cl2N3. The van der Waals surface area contributed by atoms with E-state index >= 15 is 0 Å². The Kier molecular flexibility index (Phi) is 3.12. The molecule has 3 rings (SSSR count). The van der Waals surface area contributed by atoms with Crippen LogP contribution >= 0.6 is 23.2 Å². The highest BCUT2D eigenvalue weighted by Crippen LogP contribution is 2.32. The summed E-state index contributed by atoms with van der Waals surface area (Å²) in [6.45, 7) is 0.908. The van der Waals surface area contributed by atoms with Crippen molar-refractivity contribution in [2.24, 2.45) is 5.92 Å². The molecule has 2 aromatic rings. The Labute approximate surface area is 116 Å². The highest BCUT2D eigenvalue weighted by Gasteiger charge is 2.18. The summed E-state index contributed by atoms with van der Waals surface area (Å²) in [5.41, 5.74) is 7.75. The summed E-state index contributed by atoms with van der Waals surface area (Å²) >= 11 is 12.0. The fourth-order valence-electron chi connectivity index (χ4n) is 2.47. The number of imidazole rings is 1. The fraction of sp³-hybridized carbons (Fsp3) is 0.462. The van der Waals surface area contributed by atoms with Crippen LogP contribution in [0, 0.1) is 5.92 Å². The van der Waals surface area contributed by atoms with Gasteiger partial charge < -0.3 is 10.3 Å². The second-order valence-corrected chi connectivity index (χ2v) is 5.78. The first-order valence-electron chi connectivity index (χ1n) is 6.26. The Bertz CT molecular complexity index is 587. The second-order valence-electron chi connectivity index (χ2n) is 4.96. The lowest BCUT2D eigenvalue weighted by Crippen LogP contribution is -2.14. The van der Waals surface area contributed by atoms with E-state index in [4.69, 9.17) is 28.9 Å². The number of benzene rings is 1. The van der Waals surface area contributed by atoms with Gasteiger partial charge in [0.1, 0.15) is 0 Å². The predicted octanol–water partition coefficient (Wildman–Crippen LogP) is 4.12. The Balaban J connectivity index is 1.93. The van der Waals surface area contributed by atoms with Crippen molar-refractivity contribution in [3.8, 4) is 0 Å². The quantitative estimate of drug-likeness (QED) is 0.921. The maximum absolute atomic E-state index is 6.06. The molecule has 0 saturated heterocycles. The minimum absolute atomic E-state index is 0.521. The van der Waals surface area contributed by atoms with Crippen molar-refractivity contribution < 1.29 is 0 Å².